The lowest BCUT2D eigenvalue weighted by atomic mass is 9.94. The molecule has 1 aromatic rings. The average molecular weight is 260 g/mol. The summed E-state index contributed by atoms with van der Waals surface area (Å²) >= 11 is 0. The normalized spacial score (nSPS) is 17.0. The highest BCUT2D eigenvalue weighted by molar-refractivity contribution is 5.22. The van der Waals surface area contributed by atoms with Crippen LogP contribution >= 0.6 is 0 Å². The van der Waals surface area contributed by atoms with Crippen molar-refractivity contribution in [3.63, 3.8) is 0 Å². The molecule has 2 nitrogen and oxygen atoms in total. The van der Waals surface area contributed by atoms with Gasteiger partial charge in [0.25, 0.3) is 0 Å². The van der Waals surface area contributed by atoms with Gasteiger partial charge in [0.1, 0.15) is 0 Å². The van der Waals surface area contributed by atoms with Crippen LogP contribution < -0.4 is 5.32 Å². The highest BCUT2D eigenvalue weighted by atomic mass is 15.1. The molecule has 0 heterocycles. The maximum absolute atomic E-state index is 3.20. The van der Waals surface area contributed by atoms with Gasteiger partial charge >= 0.3 is 0 Å². The summed E-state index contributed by atoms with van der Waals surface area (Å²) in [6.45, 7) is 5.54. The molecule has 0 saturated heterocycles. The van der Waals surface area contributed by atoms with Gasteiger partial charge in [-0.1, -0.05) is 50.5 Å². The Morgan fingerprint density at radius 1 is 1.05 bits per heavy atom. The zero-order valence-corrected chi connectivity index (χ0v) is 12.5. The molecule has 19 heavy (non-hydrogen) atoms. The van der Waals surface area contributed by atoms with Crippen molar-refractivity contribution in [2.24, 2.45) is 0 Å². The van der Waals surface area contributed by atoms with Gasteiger partial charge in [0.2, 0.25) is 0 Å². The maximum Gasteiger partial charge on any atom is 0.0236 e. The number of rotatable bonds is 6. The SMILES string of the molecule is CCN(Cc1ccc(CNC)cc1)C1CCCCC1. The second-order valence-corrected chi connectivity index (χ2v) is 5.70. The van der Waals surface area contributed by atoms with Crippen LogP contribution in [0.4, 0.5) is 0 Å². The van der Waals surface area contributed by atoms with E-state index in [2.05, 4.69) is 41.4 Å². The zero-order chi connectivity index (χ0) is 13.5. The van der Waals surface area contributed by atoms with E-state index in [0.29, 0.717) is 0 Å². The van der Waals surface area contributed by atoms with E-state index in [1.54, 1.807) is 0 Å². The number of hydrogen-bond acceptors (Lipinski definition) is 2. The van der Waals surface area contributed by atoms with Crippen molar-refractivity contribution >= 4 is 0 Å². The van der Waals surface area contributed by atoms with E-state index in [4.69, 9.17) is 0 Å². The zero-order valence-electron chi connectivity index (χ0n) is 12.5. The van der Waals surface area contributed by atoms with E-state index < -0.39 is 0 Å². The van der Waals surface area contributed by atoms with Crippen molar-refractivity contribution in [1.82, 2.24) is 10.2 Å². The molecule has 2 heteroatoms. The fourth-order valence-electron chi connectivity index (χ4n) is 3.15. The van der Waals surface area contributed by atoms with Gasteiger partial charge in [-0.15, -0.1) is 0 Å². The quantitative estimate of drug-likeness (QED) is 0.841. The molecule has 1 aromatic carbocycles. The van der Waals surface area contributed by atoms with Gasteiger partial charge in [-0.3, -0.25) is 4.90 Å². The Hall–Kier alpha value is -0.860. The van der Waals surface area contributed by atoms with E-state index >= 15 is 0 Å². The maximum atomic E-state index is 3.20. The molecule has 2 rings (SSSR count). The second-order valence-electron chi connectivity index (χ2n) is 5.70. The van der Waals surface area contributed by atoms with Crippen molar-refractivity contribution < 1.29 is 0 Å². The smallest absolute Gasteiger partial charge is 0.0236 e. The molecule has 0 amide bonds. The summed E-state index contributed by atoms with van der Waals surface area (Å²) in [7, 11) is 2.00. The Labute approximate surface area is 118 Å². The highest BCUT2D eigenvalue weighted by Crippen LogP contribution is 2.23. The molecule has 0 radical (unpaired) electrons. The summed E-state index contributed by atoms with van der Waals surface area (Å²) in [5.41, 5.74) is 2.82. The van der Waals surface area contributed by atoms with Gasteiger partial charge in [0.05, 0.1) is 0 Å². The first kappa shape index (κ1) is 14.5. The van der Waals surface area contributed by atoms with E-state index in [1.165, 1.54) is 49.8 Å². The summed E-state index contributed by atoms with van der Waals surface area (Å²) in [6, 6.07) is 9.90. The number of hydrogen-bond donors (Lipinski definition) is 1. The minimum atomic E-state index is 0.815. The summed E-state index contributed by atoms with van der Waals surface area (Å²) in [4.78, 5) is 2.66. The van der Waals surface area contributed by atoms with Gasteiger partial charge in [-0.05, 0) is 37.6 Å². The molecular formula is C17H28N2. The van der Waals surface area contributed by atoms with Gasteiger partial charge in [0.15, 0.2) is 0 Å². The number of benzene rings is 1. The highest BCUT2D eigenvalue weighted by Gasteiger charge is 2.19. The molecule has 0 spiro atoms. The molecule has 1 N–H and O–H groups in total. The molecule has 1 fully saturated rings. The van der Waals surface area contributed by atoms with E-state index in [0.717, 1.165) is 19.1 Å². The molecule has 1 aliphatic rings. The third kappa shape index (κ3) is 4.32. The second kappa shape index (κ2) is 7.66. The fraction of sp³-hybridized carbons (Fsp3) is 0.647. The van der Waals surface area contributed by atoms with E-state index in [1.807, 2.05) is 7.05 Å². The summed E-state index contributed by atoms with van der Waals surface area (Å²) in [5, 5.41) is 3.20. The summed E-state index contributed by atoms with van der Waals surface area (Å²) in [5.74, 6) is 0. The Bertz CT molecular complexity index is 352. The van der Waals surface area contributed by atoms with Gasteiger partial charge in [-0.25, -0.2) is 0 Å². The topological polar surface area (TPSA) is 15.3 Å². The first-order valence-corrected chi connectivity index (χ1v) is 7.80. The molecule has 0 aromatic heterocycles. The van der Waals surface area contributed by atoms with Gasteiger partial charge < -0.3 is 5.32 Å². The third-order valence-electron chi connectivity index (χ3n) is 4.29. The lowest BCUT2D eigenvalue weighted by Gasteiger charge is -2.33. The van der Waals surface area contributed by atoms with Gasteiger partial charge in [0, 0.05) is 19.1 Å². The minimum absolute atomic E-state index is 0.815. The largest absolute Gasteiger partial charge is 0.316 e. The molecule has 0 aliphatic heterocycles. The molecule has 106 valence electrons. The Morgan fingerprint density at radius 3 is 2.26 bits per heavy atom. The van der Waals surface area contributed by atoms with Crippen LogP contribution in [0.15, 0.2) is 24.3 Å². The summed E-state index contributed by atoms with van der Waals surface area (Å²) < 4.78 is 0. The van der Waals surface area contributed by atoms with Crippen LogP contribution in [0.1, 0.15) is 50.2 Å². The molecule has 0 atom stereocenters. The fourth-order valence-corrected chi connectivity index (χ4v) is 3.15. The van der Waals surface area contributed by atoms with Gasteiger partial charge in [-0.2, -0.15) is 0 Å². The summed E-state index contributed by atoms with van der Waals surface area (Å²) in [6.07, 6.45) is 7.06. The third-order valence-corrected chi connectivity index (χ3v) is 4.29. The van der Waals surface area contributed by atoms with Crippen LogP contribution in [0.2, 0.25) is 0 Å². The molecule has 0 unspecified atom stereocenters. The predicted molar refractivity (Wildman–Crippen MR) is 82.2 cm³/mol. The van der Waals surface area contributed by atoms with Crippen LogP contribution in [0.3, 0.4) is 0 Å². The first-order chi connectivity index (χ1) is 9.33. The molecular weight excluding hydrogens is 232 g/mol. The van der Waals surface area contributed by atoms with Crippen LogP contribution in [-0.4, -0.2) is 24.5 Å². The standard InChI is InChI=1S/C17H28N2/c1-3-19(17-7-5-4-6-8-17)14-16-11-9-15(10-12-16)13-18-2/h9-12,17-18H,3-8,13-14H2,1-2H3. The lowest BCUT2D eigenvalue weighted by Crippen LogP contribution is -2.36. The minimum Gasteiger partial charge on any atom is -0.316 e. The predicted octanol–water partition coefficient (Wildman–Crippen LogP) is 3.56. The molecule has 0 bridgehead atoms. The van der Waals surface area contributed by atoms with Crippen molar-refractivity contribution in [3.05, 3.63) is 35.4 Å². The van der Waals surface area contributed by atoms with E-state index in [-0.39, 0.29) is 0 Å². The monoisotopic (exact) mass is 260 g/mol. The lowest BCUT2D eigenvalue weighted by molar-refractivity contribution is 0.156. The molecule has 1 aliphatic carbocycles. The Balaban J connectivity index is 1.93. The van der Waals surface area contributed by atoms with Crippen molar-refractivity contribution in [2.45, 2.75) is 58.2 Å². The molecule has 1 saturated carbocycles. The number of nitrogens with one attached hydrogen (secondary N) is 1. The number of nitrogens with zero attached hydrogens (tertiary/aromatic N) is 1. The van der Waals surface area contributed by atoms with Crippen molar-refractivity contribution in [3.8, 4) is 0 Å². The van der Waals surface area contributed by atoms with Crippen LogP contribution in [0.25, 0.3) is 0 Å². The average Bonchev–Trinajstić information content (AvgIpc) is 2.48. The van der Waals surface area contributed by atoms with Crippen molar-refractivity contribution in [1.29, 1.82) is 0 Å². The Kier molecular flexibility index (Phi) is 5.87. The van der Waals surface area contributed by atoms with Crippen LogP contribution in [0.5, 0.6) is 0 Å². The first-order valence-electron chi connectivity index (χ1n) is 7.80. The van der Waals surface area contributed by atoms with Crippen LogP contribution in [0, 0.1) is 0 Å². The van der Waals surface area contributed by atoms with Crippen LogP contribution in [-0.2, 0) is 13.1 Å². The van der Waals surface area contributed by atoms with Crippen molar-refractivity contribution in [2.75, 3.05) is 13.6 Å². The van der Waals surface area contributed by atoms with E-state index in [9.17, 15) is 0 Å². The Morgan fingerprint density at radius 2 is 1.68 bits per heavy atom.